The molecule has 0 unspecified atom stereocenters. The smallest absolute Gasteiger partial charge is 0.195 e. The van der Waals surface area contributed by atoms with E-state index < -0.39 is 5.82 Å². The average Bonchev–Trinajstić information content (AvgIpc) is 3.36. The fraction of sp³-hybridized carbons (Fsp3) is 0.136. The number of ether oxygens (including phenoxy) is 1. The third-order valence-electron chi connectivity index (χ3n) is 4.66. The van der Waals surface area contributed by atoms with Crippen LogP contribution in [-0.4, -0.2) is 27.3 Å². The molecule has 0 bridgehead atoms. The molecular weight excluding hydrogens is 371 g/mol. The standard InChI is InChI=1S/C22H19FN4O2/c1-3-17-18(4-2)27-20(26-17)12-29-19-8-7-13(10-16(19)23)21(28)15-11-25-22-14(15)6-5-9-24-22/h3-4,6-8,10-11H,1-2,5,9,12H2,(H,24,25)(H,26,27). The van der Waals surface area contributed by atoms with E-state index in [-0.39, 0.29) is 23.7 Å². The summed E-state index contributed by atoms with van der Waals surface area (Å²) in [5.41, 5.74) is 2.80. The molecule has 1 aliphatic heterocycles. The zero-order chi connectivity index (χ0) is 20.4. The molecule has 0 atom stereocenters. The summed E-state index contributed by atoms with van der Waals surface area (Å²) in [7, 11) is 0. The first-order valence-electron chi connectivity index (χ1n) is 9.13. The predicted octanol–water partition coefficient (Wildman–Crippen LogP) is 2.78. The molecule has 0 amide bonds. The molecule has 0 aliphatic carbocycles. The Kier molecular flexibility index (Phi) is 4.95. The molecule has 2 N–H and O–H groups in total. The van der Waals surface area contributed by atoms with E-state index in [2.05, 4.69) is 33.1 Å². The molecular formula is C22H19FN4O2. The number of rotatable bonds is 7. The van der Waals surface area contributed by atoms with Crippen molar-refractivity contribution in [3.8, 4) is 5.75 Å². The first kappa shape index (κ1) is 18.6. The van der Waals surface area contributed by atoms with E-state index in [1.165, 1.54) is 12.1 Å². The van der Waals surface area contributed by atoms with E-state index in [0.29, 0.717) is 29.1 Å². The van der Waals surface area contributed by atoms with Crippen molar-refractivity contribution in [2.45, 2.75) is 13.0 Å². The van der Waals surface area contributed by atoms with E-state index in [4.69, 9.17) is 4.74 Å². The molecule has 0 saturated carbocycles. The number of aromatic amines is 2. The van der Waals surface area contributed by atoms with Crippen molar-refractivity contribution in [1.82, 2.24) is 15.0 Å². The number of aromatic nitrogens is 3. The zero-order valence-electron chi connectivity index (χ0n) is 15.7. The number of carbonyl (C=O) groups excluding carboxylic acids is 1. The maximum atomic E-state index is 14.5. The Hall–Kier alpha value is -3.74. The summed E-state index contributed by atoms with van der Waals surface area (Å²) in [4.78, 5) is 27.5. The molecule has 1 aliphatic rings. The van der Waals surface area contributed by atoms with Crippen molar-refractivity contribution < 1.29 is 13.9 Å². The Morgan fingerprint density at radius 2 is 2.17 bits per heavy atom. The third-order valence-corrected chi connectivity index (χ3v) is 4.66. The van der Waals surface area contributed by atoms with Crippen LogP contribution in [0.1, 0.15) is 39.6 Å². The highest BCUT2D eigenvalue weighted by atomic mass is 19.1. The van der Waals surface area contributed by atoms with E-state index in [9.17, 15) is 9.18 Å². The minimum atomic E-state index is -0.617. The fourth-order valence-corrected chi connectivity index (χ4v) is 3.23. The van der Waals surface area contributed by atoms with Gasteiger partial charge >= 0.3 is 0 Å². The largest absolute Gasteiger partial charge is 0.483 e. The van der Waals surface area contributed by atoms with Crippen LogP contribution in [0.15, 0.2) is 42.5 Å². The van der Waals surface area contributed by atoms with Gasteiger partial charge in [-0.2, -0.15) is 0 Å². The van der Waals surface area contributed by atoms with Gasteiger partial charge in [0.1, 0.15) is 17.9 Å². The predicted molar refractivity (Wildman–Crippen MR) is 108 cm³/mol. The average molecular weight is 390 g/mol. The molecule has 2 aromatic heterocycles. The summed E-state index contributed by atoms with van der Waals surface area (Å²) in [6, 6.07) is 4.18. The van der Waals surface area contributed by atoms with Crippen molar-refractivity contribution in [2.75, 3.05) is 6.54 Å². The molecule has 0 fully saturated rings. The number of fused-ring (bicyclic) bond motifs is 1. The number of ketones is 1. The summed E-state index contributed by atoms with van der Waals surface area (Å²) >= 11 is 0. The van der Waals surface area contributed by atoms with Gasteiger partial charge < -0.3 is 14.7 Å². The number of imidazole rings is 1. The van der Waals surface area contributed by atoms with E-state index in [1.54, 1.807) is 24.4 Å². The first-order chi connectivity index (χ1) is 14.1. The van der Waals surface area contributed by atoms with Crippen LogP contribution in [0.5, 0.6) is 5.75 Å². The second kappa shape index (κ2) is 7.71. The number of nitrogens with zero attached hydrogens (tertiary/aromatic N) is 2. The van der Waals surface area contributed by atoms with Gasteiger partial charge in [-0.25, -0.2) is 9.37 Å². The number of hydrogen-bond donors (Lipinski definition) is 2. The minimum absolute atomic E-state index is 0.0379. The van der Waals surface area contributed by atoms with Gasteiger partial charge in [-0.3, -0.25) is 9.79 Å². The first-order valence-corrected chi connectivity index (χ1v) is 9.13. The normalized spacial score (nSPS) is 12.4. The van der Waals surface area contributed by atoms with E-state index in [0.717, 1.165) is 17.3 Å². The molecule has 3 aromatic rings. The number of halogens is 1. The van der Waals surface area contributed by atoms with Gasteiger partial charge in [-0.05, 0) is 36.8 Å². The van der Waals surface area contributed by atoms with Gasteiger partial charge in [0.25, 0.3) is 0 Å². The lowest BCUT2D eigenvalue weighted by atomic mass is 10.0. The van der Waals surface area contributed by atoms with Gasteiger partial charge in [0.2, 0.25) is 0 Å². The Bertz CT molecular complexity index is 1210. The van der Waals surface area contributed by atoms with E-state index >= 15 is 0 Å². The molecule has 1 aromatic carbocycles. The number of H-pyrrole nitrogens is 2. The van der Waals surface area contributed by atoms with Crippen LogP contribution >= 0.6 is 0 Å². The lowest BCUT2D eigenvalue weighted by molar-refractivity contribution is 0.103. The van der Waals surface area contributed by atoms with Crippen molar-refractivity contribution in [1.29, 1.82) is 0 Å². The summed E-state index contributed by atoms with van der Waals surface area (Å²) in [6.45, 7) is 8.12. The van der Waals surface area contributed by atoms with Crippen molar-refractivity contribution in [3.05, 3.63) is 82.4 Å². The van der Waals surface area contributed by atoms with Crippen molar-refractivity contribution >= 4 is 24.0 Å². The number of hydrogen-bond acceptors (Lipinski definition) is 4. The Balaban J connectivity index is 1.53. The molecule has 146 valence electrons. The van der Waals surface area contributed by atoms with Gasteiger partial charge in [-0.15, -0.1) is 0 Å². The van der Waals surface area contributed by atoms with Crippen LogP contribution in [0.4, 0.5) is 4.39 Å². The van der Waals surface area contributed by atoms with Crippen LogP contribution in [0.25, 0.3) is 18.2 Å². The Labute approximate surface area is 166 Å². The molecule has 3 heterocycles. The molecule has 29 heavy (non-hydrogen) atoms. The van der Waals surface area contributed by atoms with Crippen LogP contribution < -0.4 is 15.4 Å². The molecule has 0 radical (unpaired) electrons. The number of nitrogens with one attached hydrogen (secondary N) is 2. The monoisotopic (exact) mass is 390 g/mol. The van der Waals surface area contributed by atoms with Gasteiger partial charge in [0, 0.05) is 29.1 Å². The minimum Gasteiger partial charge on any atom is -0.483 e. The quantitative estimate of drug-likeness (QED) is 0.609. The zero-order valence-corrected chi connectivity index (χ0v) is 15.7. The molecule has 0 saturated heterocycles. The van der Waals surface area contributed by atoms with Crippen LogP contribution in [0.3, 0.4) is 0 Å². The van der Waals surface area contributed by atoms with Crippen LogP contribution in [0.2, 0.25) is 0 Å². The summed E-state index contributed by atoms with van der Waals surface area (Å²) < 4.78 is 20.1. The van der Waals surface area contributed by atoms with Crippen molar-refractivity contribution in [2.24, 2.45) is 4.99 Å². The molecule has 0 spiro atoms. The SMILES string of the molecule is C=Cc1nc(COc2ccc(C(=O)c3c[nH]c4c3=CCCN=4)cc2F)[nH]c1C=C. The highest BCUT2D eigenvalue weighted by Gasteiger charge is 2.16. The maximum Gasteiger partial charge on any atom is 0.195 e. The van der Waals surface area contributed by atoms with Gasteiger partial charge in [0.15, 0.2) is 17.3 Å². The molecule has 4 rings (SSSR count). The third kappa shape index (κ3) is 3.54. The topological polar surface area (TPSA) is 83.1 Å². The van der Waals surface area contributed by atoms with Crippen LogP contribution in [-0.2, 0) is 6.61 Å². The highest BCUT2D eigenvalue weighted by Crippen LogP contribution is 2.21. The summed E-state index contributed by atoms with van der Waals surface area (Å²) in [5.74, 6) is -0.324. The maximum absolute atomic E-state index is 14.5. The number of benzene rings is 1. The fourth-order valence-electron chi connectivity index (χ4n) is 3.23. The van der Waals surface area contributed by atoms with Crippen LogP contribution in [0, 0.1) is 5.82 Å². The van der Waals surface area contributed by atoms with Gasteiger partial charge in [0.05, 0.1) is 11.4 Å². The molecule has 6 nitrogen and oxygen atoms in total. The lowest BCUT2D eigenvalue weighted by Crippen LogP contribution is -2.30. The van der Waals surface area contributed by atoms with E-state index in [1.807, 2.05) is 6.08 Å². The lowest BCUT2D eigenvalue weighted by Gasteiger charge is -2.07. The number of carbonyl (C=O) groups is 1. The second-order valence-electron chi connectivity index (χ2n) is 6.49. The molecule has 7 heteroatoms. The van der Waals surface area contributed by atoms with Crippen molar-refractivity contribution in [3.63, 3.8) is 0 Å². The van der Waals surface area contributed by atoms with Gasteiger partial charge in [-0.1, -0.05) is 19.2 Å². The highest BCUT2D eigenvalue weighted by molar-refractivity contribution is 6.09. The Morgan fingerprint density at radius 1 is 1.31 bits per heavy atom. The summed E-state index contributed by atoms with van der Waals surface area (Å²) in [5, 5.41) is 0.774. The summed E-state index contributed by atoms with van der Waals surface area (Å²) in [6.07, 6.45) is 7.59. The Morgan fingerprint density at radius 3 is 2.90 bits per heavy atom. The second-order valence-corrected chi connectivity index (χ2v) is 6.49.